The third kappa shape index (κ3) is 3.82. The second kappa shape index (κ2) is 6.94. The molecule has 0 spiro atoms. The molecule has 106 valence electrons. The van der Waals surface area contributed by atoms with E-state index >= 15 is 0 Å². The van der Waals surface area contributed by atoms with Crippen molar-refractivity contribution in [2.75, 3.05) is 20.8 Å². The lowest BCUT2D eigenvalue weighted by atomic mass is 10.0. The first-order valence-corrected chi connectivity index (χ1v) is 5.82. The molecule has 0 aromatic heterocycles. The monoisotopic (exact) mass is 271 g/mol. The zero-order chi connectivity index (χ0) is 14.4. The van der Waals surface area contributed by atoms with Gasteiger partial charge in [-0.1, -0.05) is 0 Å². The molecule has 0 aliphatic heterocycles. The number of halogens is 1. The Morgan fingerprint density at radius 2 is 1.79 bits per heavy atom. The fourth-order valence-corrected chi connectivity index (χ4v) is 1.56. The van der Waals surface area contributed by atoms with Crippen LogP contribution < -0.4 is 15.2 Å². The largest absolute Gasteiger partial charge is 0.497 e. The number of esters is 1. The van der Waals surface area contributed by atoms with E-state index in [1.807, 2.05) is 0 Å². The summed E-state index contributed by atoms with van der Waals surface area (Å²) in [6.45, 7) is 1.71. The summed E-state index contributed by atoms with van der Waals surface area (Å²) in [4.78, 5) is 11.3. The molecule has 1 rings (SSSR count). The second-order valence-electron chi connectivity index (χ2n) is 3.83. The molecule has 6 heteroatoms. The zero-order valence-electron chi connectivity index (χ0n) is 11.2. The van der Waals surface area contributed by atoms with Crippen molar-refractivity contribution in [1.82, 2.24) is 0 Å². The van der Waals surface area contributed by atoms with Crippen LogP contribution in [0.1, 0.15) is 18.5 Å². The van der Waals surface area contributed by atoms with Crippen molar-refractivity contribution in [2.45, 2.75) is 19.1 Å². The zero-order valence-corrected chi connectivity index (χ0v) is 11.2. The number of carbonyl (C=O) groups excluding carboxylic acids is 1. The van der Waals surface area contributed by atoms with E-state index in [9.17, 15) is 9.18 Å². The van der Waals surface area contributed by atoms with E-state index in [1.165, 1.54) is 14.2 Å². The predicted molar refractivity (Wildman–Crippen MR) is 68.0 cm³/mol. The summed E-state index contributed by atoms with van der Waals surface area (Å²) in [6.07, 6.45) is -1.93. The highest BCUT2D eigenvalue weighted by Gasteiger charge is 2.28. The maximum atomic E-state index is 13.9. The second-order valence-corrected chi connectivity index (χ2v) is 3.83. The number of hydrogen-bond acceptors (Lipinski definition) is 5. The molecule has 0 saturated heterocycles. The fourth-order valence-electron chi connectivity index (χ4n) is 1.56. The summed E-state index contributed by atoms with van der Waals surface area (Å²) in [6, 6.07) is 3.61. The fraction of sp³-hybridized carbons (Fsp3) is 0.462. The predicted octanol–water partition coefficient (Wildman–Crippen LogP) is 1.60. The van der Waals surface area contributed by atoms with Crippen molar-refractivity contribution in [2.24, 2.45) is 5.73 Å². The van der Waals surface area contributed by atoms with Gasteiger partial charge in [0.1, 0.15) is 11.5 Å². The van der Waals surface area contributed by atoms with Crippen LogP contribution in [0.25, 0.3) is 0 Å². The Morgan fingerprint density at radius 1 is 1.26 bits per heavy atom. The molecule has 1 unspecified atom stereocenters. The van der Waals surface area contributed by atoms with Gasteiger partial charge in [-0.25, -0.2) is 9.18 Å². The molecule has 19 heavy (non-hydrogen) atoms. The minimum absolute atomic E-state index is 0.105. The van der Waals surface area contributed by atoms with Crippen LogP contribution in [-0.2, 0) is 9.53 Å². The van der Waals surface area contributed by atoms with Gasteiger partial charge in [0, 0.05) is 6.07 Å². The van der Waals surface area contributed by atoms with Gasteiger partial charge in [-0.05, 0) is 24.6 Å². The van der Waals surface area contributed by atoms with Crippen molar-refractivity contribution in [3.8, 4) is 11.5 Å². The lowest BCUT2D eigenvalue weighted by molar-refractivity contribution is -0.149. The van der Waals surface area contributed by atoms with E-state index in [2.05, 4.69) is 4.74 Å². The topological polar surface area (TPSA) is 70.8 Å². The van der Waals surface area contributed by atoms with Crippen molar-refractivity contribution in [3.05, 3.63) is 23.8 Å². The average Bonchev–Trinajstić information content (AvgIpc) is 2.45. The molecule has 5 nitrogen and oxygen atoms in total. The van der Waals surface area contributed by atoms with Gasteiger partial charge in [-0.2, -0.15) is 0 Å². The third-order valence-corrected chi connectivity index (χ3v) is 2.59. The van der Waals surface area contributed by atoms with Gasteiger partial charge >= 0.3 is 5.97 Å². The number of ether oxygens (including phenoxy) is 3. The van der Waals surface area contributed by atoms with Crippen molar-refractivity contribution < 1.29 is 23.4 Å². The normalized spacial score (nSPS) is 13.5. The molecule has 0 amide bonds. The van der Waals surface area contributed by atoms with Crippen LogP contribution in [0, 0.1) is 0 Å². The number of benzene rings is 1. The van der Waals surface area contributed by atoms with Gasteiger partial charge < -0.3 is 19.9 Å². The van der Waals surface area contributed by atoms with Crippen LogP contribution in [0.5, 0.6) is 11.5 Å². The molecule has 2 N–H and O–H groups in total. The summed E-state index contributed by atoms with van der Waals surface area (Å²) >= 11 is 0. The molecule has 0 aliphatic rings. The van der Waals surface area contributed by atoms with Crippen molar-refractivity contribution >= 4 is 5.97 Å². The number of nitrogens with two attached hydrogens (primary N) is 1. The molecule has 0 heterocycles. The van der Waals surface area contributed by atoms with E-state index in [1.54, 1.807) is 25.1 Å². The molecule has 0 radical (unpaired) electrons. The van der Waals surface area contributed by atoms with Crippen molar-refractivity contribution in [3.63, 3.8) is 0 Å². The van der Waals surface area contributed by atoms with Crippen LogP contribution in [0.3, 0.4) is 0 Å². The maximum absolute atomic E-state index is 13.9. The lowest BCUT2D eigenvalue weighted by Crippen LogP contribution is -2.31. The standard InChI is InChI=1S/C13H18FNO4/c1-4-19-13(16)11(14)12(15)8-5-9(17-2)7-10(6-8)18-3/h5-7,11-12H,4,15H2,1-3H3/t11?,12-/m0/s1. The number of methoxy groups -OCH3 is 2. The Balaban J connectivity index is 2.97. The van der Waals surface area contributed by atoms with E-state index in [0.717, 1.165) is 0 Å². The number of rotatable bonds is 6. The molecular formula is C13H18FNO4. The molecule has 1 aromatic rings. The van der Waals surface area contributed by atoms with Gasteiger partial charge in [0.15, 0.2) is 0 Å². The summed E-state index contributed by atoms with van der Waals surface area (Å²) in [5.74, 6) is -0.0292. The molecule has 1 aromatic carbocycles. The number of carbonyl (C=O) groups is 1. The highest BCUT2D eigenvalue weighted by molar-refractivity contribution is 5.75. The van der Waals surface area contributed by atoms with E-state index in [-0.39, 0.29) is 6.61 Å². The highest BCUT2D eigenvalue weighted by Crippen LogP contribution is 2.28. The van der Waals surface area contributed by atoms with Crippen LogP contribution >= 0.6 is 0 Å². The molecular weight excluding hydrogens is 253 g/mol. The van der Waals surface area contributed by atoms with Gasteiger partial charge in [0.25, 0.3) is 0 Å². The number of hydrogen-bond donors (Lipinski definition) is 1. The minimum atomic E-state index is -1.93. The quantitative estimate of drug-likeness (QED) is 0.796. The first-order chi connectivity index (χ1) is 9.03. The molecule has 0 fully saturated rings. The lowest BCUT2D eigenvalue weighted by Gasteiger charge is -2.17. The molecule has 2 atom stereocenters. The highest BCUT2D eigenvalue weighted by atomic mass is 19.1. The Labute approximate surface area is 111 Å². The third-order valence-electron chi connectivity index (χ3n) is 2.59. The summed E-state index contributed by atoms with van der Waals surface area (Å²) in [5.41, 5.74) is 6.13. The Hall–Kier alpha value is -1.82. The van der Waals surface area contributed by atoms with Gasteiger partial charge in [-0.3, -0.25) is 0 Å². The molecule has 0 aliphatic carbocycles. The summed E-state index contributed by atoms with van der Waals surface area (Å²) < 4.78 is 28.6. The van der Waals surface area contributed by atoms with E-state index in [4.69, 9.17) is 15.2 Å². The summed E-state index contributed by atoms with van der Waals surface area (Å²) in [5, 5.41) is 0. The molecule has 0 bridgehead atoms. The Bertz CT molecular complexity index is 416. The van der Waals surface area contributed by atoms with Gasteiger partial charge in [0.05, 0.1) is 26.9 Å². The SMILES string of the molecule is CCOC(=O)C(F)[C@@H](N)c1cc(OC)cc(OC)c1. The van der Waals surface area contributed by atoms with Crippen LogP contribution in [0.2, 0.25) is 0 Å². The minimum Gasteiger partial charge on any atom is -0.497 e. The summed E-state index contributed by atoms with van der Waals surface area (Å²) in [7, 11) is 2.95. The first-order valence-electron chi connectivity index (χ1n) is 5.82. The molecule has 0 saturated carbocycles. The van der Waals surface area contributed by atoms with E-state index in [0.29, 0.717) is 17.1 Å². The van der Waals surface area contributed by atoms with E-state index < -0.39 is 18.2 Å². The smallest absolute Gasteiger partial charge is 0.342 e. The van der Waals surface area contributed by atoms with Crippen molar-refractivity contribution in [1.29, 1.82) is 0 Å². The van der Waals surface area contributed by atoms with Crippen LogP contribution in [-0.4, -0.2) is 33.0 Å². The van der Waals surface area contributed by atoms with Gasteiger partial charge in [-0.15, -0.1) is 0 Å². The van der Waals surface area contributed by atoms with Crippen LogP contribution in [0.15, 0.2) is 18.2 Å². The maximum Gasteiger partial charge on any atom is 0.342 e. The first kappa shape index (κ1) is 15.2. The van der Waals surface area contributed by atoms with Gasteiger partial charge in [0.2, 0.25) is 6.17 Å². The average molecular weight is 271 g/mol. The van der Waals surface area contributed by atoms with Crippen LogP contribution in [0.4, 0.5) is 4.39 Å². The Morgan fingerprint density at radius 3 is 2.21 bits per heavy atom. The number of alkyl halides is 1. The Kier molecular flexibility index (Phi) is 5.57.